The van der Waals surface area contributed by atoms with Crippen LogP contribution in [0.5, 0.6) is 0 Å². The molecule has 2 heteroatoms. The zero-order valence-electron chi connectivity index (χ0n) is 12.4. The molecule has 0 bridgehead atoms. The first-order chi connectivity index (χ1) is 6.08. The molecule has 0 aromatic heterocycles. The molecular weight excluding hydrogens is 210 g/mol. The van der Waals surface area contributed by atoms with E-state index in [-0.39, 0.29) is 52.8 Å². The van der Waals surface area contributed by atoms with Crippen LogP contribution in [-0.4, -0.2) is 14.1 Å². The summed E-state index contributed by atoms with van der Waals surface area (Å²) in [7, 11) is 0. The molecule has 0 aromatic carbocycles. The van der Waals surface area contributed by atoms with E-state index < -0.39 is 14.1 Å². The molecule has 0 rings (SSSR count). The number of rotatable bonds is 6. The first kappa shape index (κ1) is 18.5. The summed E-state index contributed by atoms with van der Waals surface area (Å²) in [5.41, 5.74) is 0. The van der Waals surface area contributed by atoms with Gasteiger partial charge in [0, 0.05) is 0 Å². The van der Waals surface area contributed by atoms with Crippen molar-refractivity contribution < 1.29 is 52.8 Å². The van der Waals surface area contributed by atoms with E-state index in [1.54, 1.807) is 0 Å². The average molecular weight is 238 g/mol. The van der Waals surface area contributed by atoms with Crippen molar-refractivity contribution in [2.75, 3.05) is 0 Å². The van der Waals surface area contributed by atoms with E-state index >= 15 is 0 Å². The Labute approximate surface area is 140 Å². The van der Waals surface area contributed by atoms with Crippen LogP contribution in [-0.2, 0) is 0 Å². The van der Waals surface area contributed by atoms with Crippen LogP contribution >= 0.6 is 0 Å². The van der Waals surface area contributed by atoms with Gasteiger partial charge in [0.05, 0.1) is 0 Å². The topological polar surface area (TPSA) is 0 Å². The van der Waals surface area contributed by atoms with Gasteiger partial charge in [0.2, 0.25) is 0 Å². The zero-order chi connectivity index (χ0) is 10.4. The summed E-state index contributed by atoms with van der Waals surface area (Å²) in [6, 6.07) is 0. The van der Waals surface area contributed by atoms with E-state index in [2.05, 4.69) is 41.5 Å². The van der Waals surface area contributed by atoms with Gasteiger partial charge in [0.25, 0.3) is 14.1 Å². The quantitative estimate of drug-likeness (QED) is 0.621. The van der Waals surface area contributed by atoms with Gasteiger partial charge >= 0.3 is 51.4 Å². The summed E-state index contributed by atoms with van der Waals surface area (Å²) in [5, 5.41) is 0. The molecule has 0 fully saturated rings. The Morgan fingerprint density at radius 1 is 0.786 bits per heavy atom. The van der Waals surface area contributed by atoms with Gasteiger partial charge in [-0.15, -0.1) is 0 Å². The third-order valence-electron chi connectivity index (χ3n) is 3.90. The van der Waals surface area contributed by atoms with Crippen LogP contribution in [0.4, 0.5) is 0 Å². The molecule has 0 aliphatic rings. The molecule has 0 amide bonds. The first-order valence-electron chi connectivity index (χ1n) is 6.08. The average Bonchev–Trinajstić information content (AvgIpc) is 2.16. The van der Waals surface area contributed by atoms with E-state index in [9.17, 15) is 0 Å². The molecular formula is C12H28AlK. The largest absolute Gasteiger partial charge is 1.00 e. The second kappa shape index (κ2) is 10.3. The summed E-state index contributed by atoms with van der Waals surface area (Å²) in [6.45, 7) is 14.5. The van der Waals surface area contributed by atoms with Gasteiger partial charge in [-0.25, -0.2) is 0 Å². The molecule has 0 N–H and O–H groups in total. The van der Waals surface area contributed by atoms with E-state index in [1.807, 2.05) is 0 Å². The third-order valence-corrected chi connectivity index (χ3v) is 9.26. The molecule has 0 spiro atoms. The monoisotopic (exact) mass is 238 g/mol. The molecule has 0 saturated heterocycles. The Morgan fingerprint density at radius 3 is 1.14 bits per heavy atom. The summed E-state index contributed by atoms with van der Waals surface area (Å²) in [5.74, 6) is 0. The van der Waals surface area contributed by atoms with Crippen LogP contribution in [0, 0.1) is 0 Å². The fraction of sp³-hybridized carbons (Fsp3) is 1.00. The standard InChI is InChI=1S/3C4H9.Al.K.H/c3*1-3-4-2;;;/h3*3H,4H2,1-2H3;;;/q;;;;+1;-1. The van der Waals surface area contributed by atoms with Crippen molar-refractivity contribution >= 4 is 14.1 Å². The summed E-state index contributed by atoms with van der Waals surface area (Å²) < 4.78 is 3.10. The van der Waals surface area contributed by atoms with Crippen LogP contribution in [0.3, 0.4) is 0 Å². The SMILES string of the molecule is CC[CH](C)[Al]([CH](C)CC)[CH](C)CC.[H-].[K+]. The molecule has 0 heterocycles. The second-order valence-electron chi connectivity index (χ2n) is 4.73. The van der Waals surface area contributed by atoms with Crippen molar-refractivity contribution in [3.05, 3.63) is 0 Å². The van der Waals surface area contributed by atoms with Crippen LogP contribution in [0.1, 0.15) is 62.2 Å². The Morgan fingerprint density at radius 2 is 1.00 bits per heavy atom. The molecule has 3 atom stereocenters. The molecule has 0 saturated carbocycles. The van der Waals surface area contributed by atoms with Crippen molar-refractivity contribution in [3.63, 3.8) is 0 Å². The Bertz CT molecular complexity index is 109. The maximum atomic E-state index is 2.48. The van der Waals surface area contributed by atoms with Crippen LogP contribution in [0.2, 0.25) is 14.3 Å². The summed E-state index contributed by atoms with van der Waals surface area (Å²) >= 11 is -0.516. The number of hydrogen-bond donors (Lipinski definition) is 0. The second-order valence-corrected chi connectivity index (χ2v) is 9.30. The summed E-state index contributed by atoms with van der Waals surface area (Å²) in [4.78, 5) is 0. The summed E-state index contributed by atoms with van der Waals surface area (Å²) in [6.07, 6.45) is 4.18. The minimum Gasteiger partial charge on any atom is -1.00 e. The maximum Gasteiger partial charge on any atom is 1.00 e. The fourth-order valence-electron chi connectivity index (χ4n) is 2.50. The van der Waals surface area contributed by atoms with Crippen LogP contribution in [0.25, 0.3) is 0 Å². The van der Waals surface area contributed by atoms with Gasteiger partial charge in [-0.1, -0.05) is 75.1 Å². The van der Waals surface area contributed by atoms with Gasteiger partial charge in [-0.3, -0.25) is 0 Å². The van der Waals surface area contributed by atoms with Crippen molar-refractivity contribution in [1.29, 1.82) is 0 Å². The van der Waals surface area contributed by atoms with Gasteiger partial charge in [-0.05, 0) is 0 Å². The Balaban J connectivity index is -0.000000720. The van der Waals surface area contributed by atoms with E-state index in [0.29, 0.717) is 0 Å². The predicted octanol–water partition coefficient (Wildman–Crippen LogP) is 2.00. The van der Waals surface area contributed by atoms with Gasteiger partial charge in [0.15, 0.2) is 0 Å². The van der Waals surface area contributed by atoms with Crippen molar-refractivity contribution in [1.82, 2.24) is 0 Å². The minimum absolute atomic E-state index is 0. The van der Waals surface area contributed by atoms with Gasteiger partial charge < -0.3 is 1.43 Å². The predicted molar refractivity (Wildman–Crippen MR) is 66.0 cm³/mol. The van der Waals surface area contributed by atoms with Gasteiger partial charge in [-0.2, -0.15) is 0 Å². The fourth-order valence-corrected chi connectivity index (χ4v) is 7.50. The van der Waals surface area contributed by atoms with Gasteiger partial charge in [0.1, 0.15) is 0 Å². The van der Waals surface area contributed by atoms with E-state index in [0.717, 1.165) is 14.3 Å². The van der Waals surface area contributed by atoms with Crippen molar-refractivity contribution in [2.45, 2.75) is 75.1 Å². The Kier molecular flexibility index (Phi) is 13.7. The molecule has 0 aliphatic heterocycles. The van der Waals surface area contributed by atoms with E-state index in [1.165, 1.54) is 19.3 Å². The Hall–Kier alpha value is 2.17. The normalized spacial score (nSPS) is 16.7. The third kappa shape index (κ3) is 6.04. The maximum absolute atomic E-state index is 2.48. The smallest absolute Gasteiger partial charge is 1.00 e. The zero-order valence-corrected chi connectivity index (χ0v) is 15.7. The van der Waals surface area contributed by atoms with E-state index in [4.69, 9.17) is 0 Å². The minimum atomic E-state index is -0.516. The molecule has 0 nitrogen and oxygen atoms in total. The van der Waals surface area contributed by atoms with Crippen molar-refractivity contribution in [2.24, 2.45) is 0 Å². The number of hydrogen-bond acceptors (Lipinski definition) is 0. The molecule has 0 aliphatic carbocycles. The first-order valence-corrected chi connectivity index (χ1v) is 8.08. The van der Waals surface area contributed by atoms with Crippen molar-refractivity contribution in [3.8, 4) is 0 Å². The molecule has 3 unspecified atom stereocenters. The molecule has 80 valence electrons. The van der Waals surface area contributed by atoms with Crippen LogP contribution in [0.15, 0.2) is 0 Å². The molecule has 0 aromatic rings. The van der Waals surface area contributed by atoms with Crippen LogP contribution < -0.4 is 51.4 Å². The molecule has 0 radical (unpaired) electrons. The molecule has 14 heavy (non-hydrogen) atoms.